The van der Waals surface area contributed by atoms with Crippen molar-refractivity contribution in [1.82, 2.24) is 0 Å². The normalized spacial score (nSPS) is 12.0. The molecular formula is C6H14O5. The summed E-state index contributed by atoms with van der Waals surface area (Å²) in [5, 5.41) is 24.6. The number of hydrogen-bond acceptors (Lipinski definition) is 5. The lowest BCUT2D eigenvalue weighted by Gasteiger charge is -2.13. The molecule has 0 amide bonds. The lowest BCUT2D eigenvalue weighted by atomic mass is 10.5. The second kappa shape index (κ2) is 5.45. The Kier molecular flexibility index (Phi) is 5.35. The van der Waals surface area contributed by atoms with Crippen LogP contribution in [0, 0.1) is 0 Å². The predicted molar refractivity (Wildman–Crippen MR) is 36.4 cm³/mol. The first-order chi connectivity index (χ1) is 5.06. The van der Waals surface area contributed by atoms with Gasteiger partial charge in [-0.15, -0.1) is 0 Å². The van der Waals surface area contributed by atoms with Crippen molar-refractivity contribution in [3.63, 3.8) is 0 Å². The van der Waals surface area contributed by atoms with E-state index >= 15 is 0 Å². The minimum absolute atomic E-state index is 0.0521. The van der Waals surface area contributed by atoms with Gasteiger partial charge in [0.1, 0.15) is 0 Å². The lowest BCUT2D eigenvalue weighted by molar-refractivity contribution is -0.455. The van der Waals surface area contributed by atoms with Crippen LogP contribution in [-0.2, 0) is 9.47 Å². The topological polar surface area (TPSA) is 79.2 Å². The van der Waals surface area contributed by atoms with Gasteiger partial charge in [0.15, 0.2) is 0 Å². The quantitative estimate of drug-likeness (QED) is 0.349. The average molecular weight is 166 g/mol. The van der Waals surface area contributed by atoms with E-state index < -0.39 is 6.16 Å². The first-order valence-corrected chi connectivity index (χ1v) is 3.45. The zero-order valence-corrected chi connectivity index (χ0v) is 6.49. The van der Waals surface area contributed by atoms with Crippen LogP contribution in [0.5, 0.6) is 0 Å². The van der Waals surface area contributed by atoms with Crippen molar-refractivity contribution in [2.45, 2.75) is 19.5 Å². The standard InChI is InChI=1S/C6H14O5/c1-2-3-10-4-5-11-6(7,8)9/h7-9H,2-5H2,1H3. The molecule has 0 heterocycles. The largest absolute Gasteiger partial charge is 0.405 e. The summed E-state index contributed by atoms with van der Waals surface area (Å²) in [5.74, 6) is 0. The van der Waals surface area contributed by atoms with Crippen LogP contribution in [-0.4, -0.2) is 41.3 Å². The third-order valence-electron chi connectivity index (χ3n) is 0.872. The van der Waals surface area contributed by atoms with Crippen LogP contribution in [0.1, 0.15) is 13.3 Å². The number of aliphatic hydroxyl groups is 3. The van der Waals surface area contributed by atoms with Crippen LogP contribution in [0.4, 0.5) is 0 Å². The maximum atomic E-state index is 8.21. The van der Waals surface area contributed by atoms with Gasteiger partial charge in [-0.1, -0.05) is 6.92 Å². The van der Waals surface area contributed by atoms with Gasteiger partial charge in [-0.2, -0.15) is 0 Å². The Morgan fingerprint density at radius 2 is 1.73 bits per heavy atom. The summed E-state index contributed by atoms with van der Waals surface area (Å²) >= 11 is 0. The van der Waals surface area contributed by atoms with E-state index in [9.17, 15) is 0 Å². The van der Waals surface area contributed by atoms with E-state index in [0.29, 0.717) is 6.61 Å². The van der Waals surface area contributed by atoms with E-state index in [1.807, 2.05) is 6.92 Å². The summed E-state index contributed by atoms with van der Waals surface area (Å²) in [7, 11) is 0. The summed E-state index contributed by atoms with van der Waals surface area (Å²) in [6.07, 6.45) is -2.14. The van der Waals surface area contributed by atoms with Crippen LogP contribution >= 0.6 is 0 Å². The molecule has 5 heteroatoms. The Balaban J connectivity index is 3.02. The summed E-state index contributed by atoms with van der Waals surface area (Å²) < 4.78 is 9.04. The molecular weight excluding hydrogens is 152 g/mol. The molecule has 0 spiro atoms. The first kappa shape index (κ1) is 10.8. The number of ether oxygens (including phenoxy) is 2. The third kappa shape index (κ3) is 9.80. The van der Waals surface area contributed by atoms with Crippen LogP contribution in [0.2, 0.25) is 0 Å². The van der Waals surface area contributed by atoms with Crippen LogP contribution in [0.25, 0.3) is 0 Å². The van der Waals surface area contributed by atoms with E-state index in [0.717, 1.165) is 6.42 Å². The van der Waals surface area contributed by atoms with Gasteiger partial charge in [-0.25, -0.2) is 0 Å². The zero-order chi connectivity index (χ0) is 8.74. The van der Waals surface area contributed by atoms with Crippen LogP contribution < -0.4 is 0 Å². The molecule has 68 valence electrons. The van der Waals surface area contributed by atoms with Gasteiger partial charge in [-0.05, 0) is 6.42 Å². The van der Waals surface area contributed by atoms with Crippen molar-refractivity contribution in [2.75, 3.05) is 19.8 Å². The molecule has 0 rings (SSSR count). The van der Waals surface area contributed by atoms with Crippen molar-refractivity contribution >= 4 is 0 Å². The summed E-state index contributed by atoms with van der Waals surface area (Å²) in [5.41, 5.74) is 0. The first-order valence-electron chi connectivity index (χ1n) is 3.45. The second-order valence-corrected chi connectivity index (χ2v) is 2.03. The second-order valence-electron chi connectivity index (χ2n) is 2.03. The van der Waals surface area contributed by atoms with Gasteiger partial charge < -0.3 is 24.8 Å². The lowest BCUT2D eigenvalue weighted by Crippen LogP contribution is -2.32. The highest BCUT2D eigenvalue weighted by Gasteiger charge is 2.17. The van der Waals surface area contributed by atoms with Crippen LogP contribution in [0.3, 0.4) is 0 Å². The summed E-state index contributed by atoms with van der Waals surface area (Å²) in [6, 6.07) is 0. The average Bonchev–Trinajstić information content (AvgIpc) is 1.85. The van der Waals surface area contributed by atoms with Crippen molar-refractivity contribution < 1.29 is 24.8 Å². The Bertz CT molecular complexity index is 87.5. The molecule has 5 nitrogen and oxygen atoms in total. The molecule has 0 aliphatic rings. The molecule has 0 saturated carbocycles. The van der Waals surface area contributed by atoms with Gasteiger partial charge in [0.25, 0.3) is 0 Å². The third-order valence-corrected chi connectivity index (χ3v) is 0.872. The molecule has 0 bridgehead atoms. The fourth-order valence-electron chi connectivity index (χ4n) is 0.484. The van der Waals surface area contributed by atoms with Gasteiger partial charge >= 0.3 is 6.16 Å². The smallest absolute Gasteiger partial charge is 0.379 e. The van der Waals surface area contributed by atoms with E-state index in [1.54, 1.807) is 0 Å². The van der Waals surface area contributed by atoms with Crippen molar-refractivity contribution in [3.05, 3.63) is 0 Å². The Morgan fingerprint density at radius 1 is 1.09 bits per heavy atom. The van der Waals surface area contributed by atoms with Crippen LogP contribution in [0.15, 0.2) is 0 Å². The monoisotopic (exact) mass is 166 g/mol. The Morgan fingerprint density at radius 3 is 2.18 bits per heavy atom. The number of hydrogen-bond donors (Lipinski definition) is 3. The maximum Gasteiger partial charge on any atom is 0.405 e. The van der Waals surface area contributed by atoms with Gasteiger partial charge in [-0.3, -0.25) is 0 Å². The minimum Gasteiger partial charge on any atom is -0.379 e. The van der Waals surface area contributed by atoms with E-state index in [2.05, 4.69) is 4.74 Å². The highest BCUT2D eigenvalue weighted by Crippen LogP contribution is 1.94. The molecule has 0 atom stereocenters. The molecule has 0 fully saturated rings. The summed E-state index contributed by atoms with van der Waals surface area (Å²) in [6.45, 7) is 2.73. The predicted octanol–water partition coefficient (Wildman–Crippen LogP) is -0.982. The Labute approximate surface area is 65.2 Å². The van der Waals surface area contributed by atoms with E-state index in [4.69, 9.17) is 20.1 Å². The highest BCUT2D eigenvalue weighted by molar-refractivity contribution is 4.31. The zero-order valence-electron chi connectivity index (χ0n) is 6.49. The van der Waals surface area contributed by atoms with Crippen molar-refractivity contribution in [2.24, 2.45) is 0 Å². The van der Waals surface area contributed by atoms with Gasteiger partial charge in [0, 0.05) is 6.61 Å². The van der Waals surface area contributed by atoms with Crippen molar-refractivity contribution in [3.8, 4) is 0 Å². The molecule has 0 unspecified atom stereocenters. The molecule has 0 aliphatic heterocycles. The van der Waals surface area contributed by atoms with Gasteiger partial charge in [0.05, 0.1) is 13.2 Å². The molecule has 0 radical (unpaired) electrons. The fraction of sp³-hybridized carbons (Fsp3) is 1.00. The molecule has 11 heavy (non-hydrogen) atoms. The molecule has 0 aromatic carbocycles. The van der Waals surface area contributed by atoms with Gasteiger partial charge in [0.2, 0.25) is 0 Å². The Hall–Kier alpha value is -0.200. The minimum atomic E-state index is -3.03. The molecule has 3 N–H and O–H groups in total. The highest BCUT2D eigenvalue weighted by atomic mass is 16.9. The van der Waals surface area contributed by atoms with E-state index in [-0.39, 0.29) is 13.2 Å². The molecule has 0 aromatic rings. The van der Waals surface area contributed by atoms with E-state index in [1.165, 1.54) is 0 Å². The molecule has 0 aromatic heterocycles. The maximum absolute atomic E-state index is 8.21. The van der Waals surface area contributed by atoms with Crippen molar-refractivity contribution in [1.29, 1.82) is 0 Å². The molecule has 0 saturated heterocycles. The summed E-state index contributed by atoms with van der Waals surface area (Å²) in [4.78, 5) is 0. The SMILES string of the molecule is CCCOCCOC(O)(O)O. The fourth-order valence-corrected chi connectivity index (χ4v) is 0.484. The number of rotatable bonds is 6. The molecule has 0 aliphatic carbocycles.